The highest BCUT2D eigenvalue weighted by molar-refractivity contribution is 5.67. The summed E-state index contributed by atoms with van der Waals surface area (Å²) in [6, 6.07) is 16.9. The molecular formula is C18H23NO. The van der Waals surface area contributed by atoms with Gasteiger partial charge in [-0.05, 0) is 41.8 Å². The number of benzene rings is 2. The first-order valence-electron chi connectivity index (χ1n) is 7.37. The maximum atomic E-state index is 5.63. The molecule has 0 aliphatic carbocycles. The molecule has 2 rings (SSSR count). The number of nitrogens with one attached hydrogen (secondary N) is 1. The number of rotatable bonds is 7. The Hall–Kier alpha value is -1.80. The lowest BCUT2D eigenvalue weighted by Crippen LogP contribution is -2.12. The lowest BCUT2D eigenvalue weighted by molar-refractivity contribution is 0.317. The van der Waals surface area contributed by atoms with Crippen molar-refractivity contribution >= 4 is 0 Å². The molecule has 2 nitrogen and oxygen atoms in total. The molecule has 0 amide bonds. The molecule has 106 valence electrons. The molecule has 2 aromatic rings. The van der Waals surface area contributed by atoms with Crippen LogP contribution in [0.4, 0.5) is 0 Å². The zero-order chi connectivity index (χ0) is 14.2. The molecule has 0 aromatic heterocycles. The summed E-state index contributed by atoms with van der Waals surface area (Å²) in [5.74, 6) is 0.944. The molecule has 0 unspecified atom stereocenters. The highest BCUT2D eigenvalue weighted by Gasteiger charge is 2.04. The van der Waals surface area contributed by atoms with Crippen LogP contribution < -0.4 is 10.1 Å². The van der Waals surface area contributed by atoms with Gasteiger partial charge in [-0.25, -0.2) is 0 Å². The fourth-order valence-electron chi connectivity index (χ4n) is 2.17. The van der Waals surface area contributed by atoms with Crippen LogP contribution >= 0.6 is 0 Å². The lowest BCUT2D eigenvalue weighted by Gasteiger charge is -2.11. The second-order valence-corrected chi connectivity index (χ2v) is 4.81. The van der Waals surface area contributed by atoms with Crippen LogP contribution in [0.1, 0.15) is 25.8 Å². The zero-order valence-corrected chi connectivity index (χ0v) is 12.4. The summed E-state index contributed by atoms with van der Waals surface area (Å²) in [6.07, 6.45) is 1.03. The molecule has 0 aliphatic rings. The van der Waals surface area contributed by atoms with E-state index in [9.17, 15) is 0 Å². The average Bonchev–Trinajstić information content (AvgIpc) is 2.52. The van der Waals surface area contributed by atoms with Crippen LogP contribution in [0.15, 0.2) is 48.5 Å². The van der Waals surface area contributed by atoms with Crippen LogP contribution in [0.5, 0.6) is 5.75 Å². The lowest BCUT2D eigenvalue weighted by atomic mass is 9.99. The Balaban J connectivity index is 2.18. The summed E-state index contributed by atoms with van der Waals surface area (Å²) in [4.78, 5) is 0. The highest BCUT2D eigenvalue weighted by Crippen LogP contribution is 2.25. The van der Waals surface area contributed by atoms with E-state index in [0.717, 1.165) is 31.9 Å². The second kappa shape index (κ2) is 7.71. The van der Waals surface area contributed by atoms with Gasteiger partial charge in [0.25, 0.3) is 0 Å². The first-order chi connectivity index (χ1) is 9.85. The Morgan fingerprint density at radius 1 is 0.950 bits per heavy atom. The SMILES string of the molecule is CCCOc1ccc(-c2ccccc2CNCC)cc1. The molecule has 0 heterocycles. The van der Waals surface area contributed by atoms with Crippen LogP contribution in [0, 0.1) is 0 Å². The fourth-order valence-corrected chi connectivity index (χ4v) is 2.17. The molecule has 0 bridgehead atoms. The van der Waals surface area contributed by atoms with E-state index in [4.69, 9.17) is 4.74 Å². The summed E-state index contributed by atoms with van der Waals surface area (Å²) in [6.45, 7) is 6.91. The molecule has 0 spiro atoms. The van der Waals surface area contributed by atoms with Gasteiger partial charge in [0.2, 0.25) is 0 Å². The summed E-state index contributed by atoms with van der Waals surface area (Å²) in [7, 11) is 0. The van der Waals surface area contributed by atoms with Gasteiger partial charge < -0.3 is 10.1 Å². The van der Waals surface area contributed by atoms with Gasteiger partial charge >= 0.3 is 0 Å². The first kappa shape index (κ1) is 14.6. The number of hydrogen-bond donors (Lipinski definition) is 1. The third kappa shape index (κ3) is 3.84. The summed E-state index contributed by atoms with van der Waals surface area (Å²) in [5.41, 5.74) is 3.86. The van der Waals surface area contributed by atoms with Gasteiger partial charge in [0.15, 0.2) is 0 Å². The van der Waals surface area contributed by atoms with E-state index in [1.807, 2.05) is 0 Å². The van der Waals surface area contributed by atoms with Crippen molar-refractivity contribution in [3.8, 4) is 16.9 Å². The summed E-state index contributed by atoms with van der Waals surface area (Å²) >= 11 is 0. The monoisotopic (exact) mass is 269 g/mol. The van der Waals surface area contributed by atoms with E-state index < -0.39 is 0 Å². The topological polar surface area (TPSA) is 21.3 Å². The van der Waals surface area contributed by atoms with Crippen molar-refractivity contribution < 1.29 is 4.74 Å². The minimum Gasteiger partial charge on any atom is -0.494 e. The quantitative estimate of drug-likeness (QED) is 0.811. The normalized spacial score (nSPS) is 10.5. The standard InChI is InChI=1S/C18H23NO/c1-3-13-20-17-11-9-15(10-12-17)18-8-6-5-7-16(18)14-19-4-2/h5-12,19H,3-4,13-14H2,1-2H3. The largest absolute Gasteiger partial charge is 0.494 e. The van der Waals surface area contributed by atoms with E-state index in [0.29, 0.717) is 0 Å². The van der Waals surface area contributed by atoms with Gasteiger partial charge in [-0.1, -0.05) is 50.2 Å². The first-order valence-corrected chi connectivity index (χ1v) is 7.37. The van der Waals surface area contributed by atoms with Gasteiger partial charge in [0.05, 0.1) is 6.61 Å². The molecule has 0 atom stereocenters. The molecule has 0 saturated heterocycles. The minimum atomic E-state index is 0.774. The molecule has 0 radical (unpaired) electrons. The number of ether oxygens (including phenoxy) is 1. The third-order valence-electron chi connectivity index (χ3n) is 3.22. The maximum absolute atomic E-state index is 5.63. The molecule has 2 heteroatoms. The van der Waals surface area contributed by atoms with Crippen molar-refractivity contribution in [1.82, 2.24) is 5.32 Å². The Labute approximate surface area is 121 Å². The third-order valence-corrected chi connectivity index (χ3v) is 3.22. The average molecular weight is 269 g/mol. The Kier molecular flexibility index (Phi) is 5.63. The van der Waals surface area contributed by atoms with E-state index in [-0.39, 0.29) is 0 Å². The van der Waals surface area contributed by atoms with E-state index in [2.05, 4.69) is 67.7 Å². The Morgan fingerprint density at radius 3 is 2.40 bits per heavy atom. The van der Waals surface area contributed by atoms with Crippen LogP contribution in [0.2, 0.25) is 0 Å². The summed E-state index contributed by atoms with van der Waals surface area (Å²) < 4.78 is 5.63. The Bertz CT molecular complexity index is 519. The molecule has 0 saturated carbocycles. The second-order valence-electron chi connectivity index (χ2n) is 4.81. The van der Waals surface area contributed by atoms with Crippen LogP contribution in [-0.2, 0) is 6.54 Å². The van der Waals surface area contributed by atoms with Gasteiger partial charge in [-0.15, -0.1) is 0 Å². The molecule has 2 aromatic carbocycles. The van der Waals surface area contributed by atoms with Crippen molar-refractivity contribution in [1.29, 1.82) is 0 Å². The van der Waals surface area contributed by atoms with Crippen molar-refractivity contribution in [3.05, 3.63) is 54.1 Å². The van der Waals surface area contributed by atoms with Crippen LogP contribution in [0.3, 0.4) is 0 Å². The predicted octanol–water partition coefficient (Wildman–Crippen LogP) is 4.25. The van der Waals surface area contributed by atoms with Gasteiger partial charge in [-0.2, -0.15) is 0 Å². The van der Waals surface area contributed by atoms with Crippen molar-refractivity contribution in [3.63, 3.8) is 0 Å². The maximum Gasteiger partial charge on any atom is 0.119 e. The summed E-state index contributed by atoms with van der Waals surface area (Å²) in [5, 5.41) is 3.39. The van der Waals surface area contributed by atoms with E-state index >= 15 is 0 Å². The predicted molar refractivity (Wildman–Crippen MR) is 85.0 cm³/mol. The minimum absolute atomic E-state index is 0.774. The van der Waals surface area contributed by atoms with Crippen LogP contribution in [0.25, 0.3) is 11.1 Å². The molecular weight excluding hydrogens is 246 g/mol. The van der Waals surface area contributed by atoms with Gasteiger partial charge in [0.1, 0.15) is 5.75 Å². The van der Waals surface area contributed by atoms with Gasteiger partial charge in [-0.3, -0.25) is 0 Å². The van der Waals surface area contributed by atoms with Crippen molar-refractivity contribution in [2.24, 2.45) is 0 Å². The van der Waals surface area contributed by atoms with Crippen molar-refractivity contribution in [2.45, 2.75) is 26.8 Å². The highest BCUT2D eigenvalue weighted by atomic mass is 16.5. The van der Waals surface area contributed by atoms with Gasteiger partial charge in [0, 0.05) is 6.54 Å². The molecule has 1 N–H and O–H groups in total. The number of hydrogen-bond acceptors (Lipinski definition) is 2. The molecule has 0 fully saturated rings. The molecule has 20 heavy (non-hydrogen) atoms. The van der Waals surface area contributed by atoms with E-state index in [1.54, 1.807) is 0 Å². The molecule has 0 aliphatic heterocycles. The van der Waals surface area contributed by atoms with Crippen LogP contribution in [-0.4, -0.2) is 13.2 Å². The Morgan fingerprint density at radius 2 is 1.70 bits per heavy atom. The smallest absolute Gasteiger partial charge is 0.119 e. The van der Waals surface area contributed by atoms with Crippen molar-refractivity contribution in [2.75, 3.05) is 13.2 Å². The fraction of sp³-hybridized carbons (Fsp3) is 0.333. The zero-order valence-electron chi connectivity index (χ0n) is 12.4. The van der Waals surface area contributed by atoms with E-state index in [1.165, 1.54) is 16.7 Å².